The maximum absolute atomic E-state index is 4.07. The molecule has 1 aliphatic rings. The summed E-state index contributed by atoms with van der Waals surface area (Å²) in [6.07, 6.45) is 8.34. The van der Waals surface area contributed by atoms with Crippen molar-refractivity contribution in [1.82, 2.24) is 9.55 Å². The van der Waals surface area contributed by atoms with E-state index in [0.29, 0.717) is 0 Å². The van der Waals surface area contributed by atoms with Crippen molar-refractivity contribution in [1.29, 1.82) is 0 Å². The molecule has 0 spiro atoms. The molecule has 3 rings (SSSR count). The van der Waals surface area contributed by atoms with E-state index in [2.05, 4.69) is 38.7 Å². The summed E-state index contributed by atoms with van der Waals surface area (Å²) in [5, 5.41) is 0. The lowest BCUT2D eigenvalue weighted by Gasteiger charge is -2.18. The number of anilines is 1. The van der Waals surface area contributed by atoms with E-state index in [9.17, 15) is 0 Å². The Hall–Kier alpha value is -1.77. The zero-order chi connectivity index (χ0) is 11.5. The van der Waals surface area contributed by atoms with E-state index in [4.69, 9.17) is 0 Å². The lowest BCUT2D eigenvalue weighted by atomic mass is 10.2. The summed E-state index contributed by atoms with van der Waals surface area (Å²) in [6, 6.07) is 8.84. The van der Waals surface area contributed by atoms with Crippen LogP contribution in [0.15, 0.2) is 43.0 Å². The van der Waals surface area contributed by atoms with E-state index >= 15 is 0 Å². The smallest absolute Gasteiger partial charge is 0.0949 e. The molecule has 0 aliphatic carbocycles. The fourth-order valence-electron chi connectivity index (χ4n) is 2.42. The molecule has 0 amide bonds. The van der Waals surface area contributed by atoms with Crippen LogP contribution in [-0.2, 0) is 6.54 Å². The third kappa shape index (κ3) is 2.33. The van der Waals surface area contributed by atoms with Gasteiger partial charge in [-0.1, -0.05) is 12.1 Å². The molecule has 3 nitrogen and oxygen atoms in total. The predicted octanol–water partition coefficient (Wildman–Crippen LogP) is 2.53. The average molecular weight is 227 g/mol. The Morgan fingerprint density at radius 1 is 1.18 bits per heavy atom. The van der Waals surface area contributed by atoms with Crippen molar-refractivity contribution in [3.05, 3.63) is 48.5 Å². The quantitative estimate of drug-likeness (QED) is 0.803. The normalized spacial score (nSPS) is 15.4. The molecule has 1 aromatic heterocycles. The van der Waals surface area contributed by atoms with E-state index in [1.54, 1.807) is 0 Å². The molecule has 0 atom stereocenters. The van der Waals surface area contributed by atoms with E-state index in [1.165, 1.54) is 37.2 Å². The first-order valence-corrected chi connectivity index (χ1v) is 6.21. The van der Waals surface area contributed by atoms with Crippen molar-refractivity contribution >= 4 is 5.69 Å². The maximum atomic E-state index is 4.07. The summed E-state index contributed by atoms with van der Waals surface area (Å²) in [5.41, 5.74) is 2.70. The van der Waals surface area contributed by atoms with Crippen LogP contribution in [-0.4, -0.2) is 22.6 Å². The second kappa shape index (κ2) is 4.62. The highest BCUT2D eigenvalue weighted by atomic mass is 15.1. The first kappa shape index (κ1) is 10.4. The maximum Gasteiger partial charge on any atom is 0.0949 e. The highest BCUT2D eigenvalue weighted by molar-refractivity contribution is 5.49. The van der Waals surface area contributed by atoms with E-state index in [-0.39, 0.29) is 0 Å². The molecule has 3 heteroatoms. The van der Waals surface area contributed by atoms with Crippen LogP contribution in [0.4, 0.5) is 5.69 Å². The summed E-state index contributed by atoms with van der Waals surface area (Å²) in [6.45, 7) is 3.31. The van der Waals surface area contributed by atoms with Crippen molar-refractivity contribution in [2.24, 2.45) is 0 Å². The van der Waals surface area contributed by atoms with Gasteiger partial charge in [0.2, 0.25) is 0 Å². The largest absolute Gasteiger partial charge is 0.372 e. The number of aromatic nitrogens is 2. The topological polar surface area (TPSA) is 21.1 Å². The third-order valence-corrected chi connectivity index (χ3v) is 3.31. The molecule has 1 aliphatic heterocycles. The molecule has 0 radical (unpaired) electrons. The Bertz CT molecular complexity index is 470. The molecule has 17 heavy (non-hydrogen) atoms. The fourth-order valence-corrected chi connectivity index (χ4v) is 2.42. The Morgan fingerprint density at radius 3 is 2.82 bits per heavy atom. The lowest BCUT2D eigenvalue weighted by molar-refractivity contribution is 0.796. The number of imidazole rings is 1. The van der Waals surface area contributed by atoms with Crippen molar-refractivity contribution in [2.45, 2.75) is 19.4 Å². The number of nitrogens with zero attached hydrogens (tertiary/aromatic N) is 3. The highest BCUT2D eigenvalue weighted by Crippen LogP contribution is 2.21. The van der Waals surface area contributed by atoms with E-state index in [0.717, 1.165) is 6.54 Å². The van der Waals surface area contributed by atoms with Gasteiger partial charge in [0, 0.05) is 37.7 Å². The number of hydrogen-bond donors (Lipinski definition) is 0. The molecule has 0 bridgehead atoms. The summed E-state index contributed by atoms with van der Waals surface area (Å²) in [5.74, 6) is 0. The lowest BCUT2D eigenvalue weighted by Crippen LogP contribution is -2.17. The summed E-state index contributed by atoms with van der Waals surface area (Å²) < 4.78 is 2.10. The van der Waals surface area contributed by atoms with Crippen LogP contribution in [0.1, 0.15) is 18.4 Å². The van der Waals surface area contributed by atoms with Crippen molar-refractivity contribution < 1.29 is 0 Å². The fraction of sp³-hybridized carbons (Fsp3) is 0.357. The molecule has 1 saturated heterocycles. The average Bonchev–Trinajstić information content (AvgIpc) is 3.01. The van der Waals surface area contributed by atoms with E-state index in [1.807, 2.05) is 18.7 Å². The van der Waals surface area contributed by atoms with Gasteiger partial charge in [-0.2, -0.15) is 0 Å². The van der Waals surface area contributed by atoms with Crippen molar-refractivity contribution in [3.8, 4) is 0 Å². The number of hydrogen-bond acceptors (Lipinski definition) is 2. The van der Waals surface area contributed by atoms with Crippen LogP contribution < -0.4 is 4.90 Å². The molecule has 2 heterocycles. The molecular weight excluding hydrogens is 210 g/mol. The van der Waals surface area contributed by atoms with Gasteiger partial charge < -0.3 is 9.47 Å². The van der Waals surface area contributed by atoms with Crippen LogP contribution in [0.3, 0.4) is 0 Å². The minimum absolute atomic E-state index is 0.904. The van der Waals surface area contributed by atoms with Gasteiger partial charge in [-0.3, -0.25) is 0 Å². The zero-order valence-corrected chi connectivity index (χ0v) is 9.92. The van der Waals surface area contributed by atoms with Crippen molar-refractivity contribution in [2.75, 3.05) is 18.0 Å². The molecule has 88 valence electrons. The van der Waals surface area contributed by atoms with Gasteiger partial charge in [-0.15, -0.1) is 0 Å². The van der Waals surface area contributed by atoms with Crippen LogP contribution >= 0.6 is 0 Å². The van der Waals surface area contributed by atoms with Crippen LogP contribution in [0, 0.1) is 0 Å². The Balaban J connectivity index is 1.78. The van der Waals surface area contributed by atoms with Gasteiger partial charge >= 0.3 is 0 Å². The molecule has 0 saturated carbocycles. The summed E-state index contributed by atoms with van der Waals surface area (Å²) in [7, 11) is 0. The standard InChI is InChI=1S/C14H17N3/c1-2-8-17(7-1)14-5-3-4-13(10-14)11-16-9-6-15-12-16/h3-6,9-10,12H,1-2,7-8,11H2. The first-order valence-electron chi connectivity index (χ1n) is 6.21. The minimum Gasteiger partial charge on any atom is -0.372 e. The molecular formula is C14H17N3. The molecule has 0 unspecified atom stereocenters. The molecule has 0 N–H and O–H groups in total. The Labute approximate surface area is 102 Å². The van der Waals surface area contributed by atoms with Gasteiger partial charge in [-0.25, -0.2) is 4.98 Å². The second-order valence-electron chi connectivity index (χ2n) is 4.60. The summed E-state index contributed by atoms with van der Waals surface area (Å²) in [4.78, 5) is 6.54. The molecule has 1 aromatic carbocycles. The Kier molecular flexibility index (Phi) is 2.82. The van der Waals surface area contributed by atoms with E-state index < -0.39 is 0 Å². The zero-order valence-electron chi connectivity index (χ0n) is 9.92. The van der Waals surface area contributed by atoms with Gasteiger partial charge in [0.1, 0.15) is 0 Å². The predicted molar refractivity (Wildman–Crippen MR) is 69.2 cm³/mol. The monoisotopic (exact) mass is 227 g/mol. The van der Waals surface area contributed by atoms with Crippen LogP contribution in [0.5, 0.6) is 0 Å². The second-order valence-corrected chi connectivity index (χ2v) is 4.60. The molecule has 1 fully saturated rings. The van der Waals surface area contributed by atoms with Gasteiger partial charge in [0.05, 0.1) is 6.33 Å². The van der Waals surface area contributed by atoms with Crippen LogP contribution in [0.25, 0.3) is 0 Å². The van der Waals surface area contributed by atoms with Crippen LogP contribution in [0.2, 0.25) is 0 Å². The van der Waals surface area contributed by atoms with Gasteiger partial charge in [0.15, 0.2) is 0 Å². The van der Waals surface area contributed by atoms with Gasteiger partial charge in [0.25, 0.3) is 0 Å². The third-order valence-electron chi connectivity index (χ3n) is 3.31. The molecule has 2 aromatic rings. The Morgan fingerprint density at radius 2 is 2.06 bits per heavy atom. The minimum atomic E-state index is 0.904. The SMILES string of the molecule is c1cc(Cn2ccnc2)cc(N2CCCC2)c1. The highest BCUT2D eigenvalue weighted by Gasteiger charge is 2.12. The number of rotatable bonds is 3. The summed E-state index contributed by atoms with van der Waals surface area (Å²) >= 11 is 0. The first-order chi connectivity index (χ1) is 8.42. The van der Waals surface area contributed by atoms with Crippen molar-refractivity contribution in [3.63, 3.8) is 0 Å². The van der Waals surface area contributed by atoms with Gasteiger partial charge in [-0.05, 0) is 30.5 Å². The number of benzene rings is 1.